The maximum atomic E-state index is 11.2. The van der Waals surface area contributed by atoms with E-state index in [-0.39, 0.29) is 38.2 Å². The zero-order chi connectivity index (χ0) is 17.2. The molecule has 0 aromatic heterocycles. The number of carbonyl (C=O) groups is 3. The largest absolute Gasteiger partial charge is 0.460 e. The predicted molar refractivity (Wildman–Crippen MR) is 76.3 cm³/mol. The Morgan fingerprint density at radius 3 is 2.36 bits per heavy atom. The van der Waals surface area contributed by atoms with E-state index in [1.54, 1.807) is 0 Å². The average molecular weight is 337 g/mol. The standard InChI is InChI=1S/C12H20NO8P/c1-9(2)11(15)20-7-5-13-12(16)21-6-3-4-10(14)8-22(17,18)19/h1,3-8H2,2H3,(H,13,16)(H2,17,18,19). The third kappa shape index (κ3) is 12.1. The highest BCUT2D eigenvalue weighted by molar-refractivity contribution is 7.52. The van der Waals surface area contributed by atoms with Crippen molar-refractivity contribution in [3.8, 4) is 0 Å². The molecule has 0 saturated heterocycles. The Hall–Kier alpha value is -1.70. The number of ketones is 1. The van der Waals surface area contributed by atoms with Gasteiger partial charge in [0.2, 0.25) is 0 Å². The molecule has 0 aliphatic rings. The van der Waals surface area contributed by atoms with Crippen molar-refractivity contribution < 1.29 is 38.2 Å². The monoisotopic (exact) mass is 337 g/mol. The number of esters is 1. The van der Waals surface area contributed by atoms with Crippen molar-refractivity contribution >= 4 is 25.4 Å². The van der Waals surface area contributed by atoms with E-state index < -0.39 is 31.6 Å². The number of Topliss-reactive ketones (excluding diaryl/α,β-unsaturated/α-hetero) is 1. The van der Waals surface area contributed by atoms with Gasteiger partial charge in [0.1, 0.15) is 18.6 Å². The lowest BCUT2D eigenvalue weighted by Gasteiger charge is -2.08. The Morgan fingerprint density at radius 2 is 1.82 bits per heavy atom. The van der Waals surface area contributed by atoms with Crippen LogP contribution in [0.25, 0.3) is 0 Å². The van der Waals surface area contributed by atoms with Crippen molar-refractivity contribution in [2.45, 2.75) is 19.8 Å². The first-order valence-electron chi connectivity index (χ1n) is 6.41. The van der Waals surface area contributed by atoms with Crippen molar-refractivity contribution in [1.82, 2.24) is 5.32 Å². The molecule has 3 N–H and O–H groups in total. The van der Waals surface area contributed by atoms with Crippen LogP contribution in [0.2, 0.25) is 0 Å². The highest BCUT2D eigenvalue weighted by Gasteiger charge is 2.18. The second kappa shape index (κ2) is 10.1. The second-order valence-electron chi connectivity index (χ2n) is 4.44. The van der Waals surface area contributed by atoms with Gasteiger partial charge in [-0.3, -0.25) is 9.36 Å². The number of carbonyl (C=O) groups excluding carboxylic acids is 3. The number of rotatable bonds is 10. The van der Waals surface area contributed by atoms with E-state index in [4.69, 9.17) is 19.3 Å². The fourth-order valence-electron chi connectivity index (χ4n) is 1.21. The van der Waals surface area contributed by atoms with Crippen LogP contribution in [0.4, 0.5) is 4.79 Å². The summed E-state index contributed by atoms with van der Waals surface area (Å²) in [5.41, 5.74) is 0.252. The summed E-state index contributed by atoms with van der Waals surface area (Å²) >= 11 is 0. The van der Waals surface area contributed by atoms with Gasteiger partial charge in [0, 0.05) is 12.0 Å². The maximum Gasteiger partial charge on any atom is 0.407 e. The zero-order valence-electron chi connectivity index (χ0n) is 12.2. The van der Waals surface area contributed by atoms with Crippen LogP contribution in [-0.2, 0) is 23.6 Å². The first kappa shape index (κ1) is 20.3. The Morgan fingerprint density at radius 1 is 1.18 bits per heavy atom. The summed E-state index contributed by atoms with van der Waals surface area (Å²) in [5.74, 6) is -1.15. The Balaban J connectivity index is 3.62. The Labute approximate surface area is 127 Å². The van der Waals surface area contributed by atoms with Crippen molar-refractivity contribution in [2.75, 3.05) is 25.9 Å². The van der Waals surface area contributed by atoms with Gasteiger partial charge in [-0.2, -0.15) is 0 Å². The summed E-state index contributed by atoms with van der Waals surface area (Å²) in [6.45, 7) is 4.86. The van der Waals surface area contributed by atoms with E-state index in [0.717, 1.165) is 0 Å². The molecule has 126 valence electrons. The number of alkyl carbamates (subject to hydrolysis) is 1. The molecule has 22 heavy (non-hydrogen) atoms. The molecule has 0 rings (SSSR count). The Kier molecular flexibility index (Phi) is 9.32. The molecule has 0 radical (unpaired) electrons. The van der Waals surface area contributed by atoms with E-state index >= 15 is 0 Å². The quantitative estimate of drug-likeness (QED) is 0.225. The molecule has 9 nitrogen and oxygen atoms in total. The van der Waals surface area contributed by atoms with E-state index in [0.29, 0.717) is 0 Å². The summed E-state index contributed by atoms with van der Waals surface area (Å²) in [7, 11) is -4.34. The molecule has 0 unspecified atom stereocenters. The van der Waals surface area contributed by atoms with E-state index in [1.165, 1.54) is 6.92 Å². The molecule has 0 saturated carbocycles. The first-order chi connectivity index (χ1) is 10.1. The van der Waals surface area contributed by atoms with E-state index in [1.807, 2.05) is 0 Å². The van der Waals surface area contributed by atoms with Crippen LogP contribution in [0, 0.1) is 0 Å². The van der Waals surface area contributed by atoms with Crippen LogP contribution in [0.3, 0.4) is 0 Å². The number of amides is 1. The molecule has 0 fully saturated rings. The smallest absolute Gasteiger partial charge is 0.407 e. The molecule has 0 aliphatic heterocycles. The lowest BCUT2D eigenvalue weighted by atomic mass is 10.2. The minimum absolute atomic E-state index is 0.0262. The highest BCUT2D eigenvalue weighted by Crippen LogP contribution is 2.34. The molecule has 0 aromatic rings. The average Bonchev–Trinajstić information content (AvgIpc) is 2.37. The van der Waals surface area contributed by atoms with Crippen LogP contribution in [0.15, 0.2) is 12.2 Å². The molecule has 0 atom stereocenters. The summed E-state index contributed by atoms with van der Waals surface area (Å²) in [6, 6.07) is 0. The molecule has 0 aliphatic carbocycles. The minimum atomic E-state index is -4.34. The van der Waals surface area contributed by atoms with Crippen molar-refractivity contribution in [1.29, 1.82) is 0 Å². The van der Waals surface area contributed by atoms with E-state index in [9.17, 15) is 18.9 Å². The number of nitrogens with one attached hydrogen (secondary N) is 1. The fourth-order valence-corrected chi connectivity index (χ4v) is 1.83. The first-order valence-corrected chi connectivity index (χ1v) is 8.21. The van der Waals surface area contributed by atoms with Crippen molar-refractivity contribution in [2.24, 2.45) is 0 Å². The predicted octanol–water partition coefficient (Wildman–Crippen LogP) is 0.359. The fraction of sp³-hybridized carbons (Fsp3) is 0.583. The van der Waals surface area contributed by atoms with Gasteiger partial charge in [-0.05, 0) is 13.3 Å². The lowest BCUT2D eigenvalue weighted by Crippen LogP contribution is -2.29. The summed E-state index contributed by atoms with van der Waals surface area (Å²) in [4.78, 5) is 50.5. The van der Waals surface area contributed by atoms with Crippen LogP contribution < -0.4 is 5.32 Å². The van der Waals surface area contributed by atoms with Gasteiger partial charge in [0.05, 0.1) is 13.2 Å². The van der Waals surface area contributed by atoms with Crippen LogP contribution in [-0.4, -0.2) is 53.6 Å². The van der Waals surface area contributed by atoms with E-state index in [2.05, 4.69) is 11.9 Å². The maximum absolute atomic E-state index is 11.2. The SMILES string of the molecule is C=C(C)C(=O)OCCNC(=O)OCCCC(=O)CP(=O)(O)O. The van der Waals surface area contributed by atoms with Crippen LogP contribution in [0.1, 0.15) is 19.8 Å². The van der Waals surface area contributed by atoms with Gasteiger partial charge in [0.25, 0.3) is 0 Å². The van der Waals surface area contributed by atoms with Gasteiger partial charge >= 0.3 is 19.7 Å². The lowest BCUT2D eigenvalue weighted by molar-refractivity contribution is -0.138. The summed E-state index contributed by atoms with van der Waals surface area (Å²) < 4.78 is 20.0. The van der Waals surface area contributed by atoms with Gasteiger partial charge < -0.3 is 24.6 Å². The van der Waals surface area contributed by atoms with Crippen LogP contribution >= 0.6 is 7.60 Å². The van der Waals surface area contributed by atoms with Gasteiger partial charge in [-0.25, -0.2) is 9.59 Å². The van der Waals surface area contributed by atoms with Crippen LogP contribution in [0.5, 0.6) is 0 Å². The molecular formula is C12H20NO8P. The number of hydrogen-bond donors (Lipinski definition) is 3. The second-order valence-corrected chi connectivity index (χ2v) is 6.09. The number of ether oxygens (including phenoxy) is 2. The Bertz CT molecular complexity index is 470. The number of hydrogen-bond acceptors (Lipinski definition) is 6. The van der Waals surface area contributed by atoms with Gasteiger partial charge in [-0.15, -0.1) is 0 Å². The normalized spacial score (nSPS) is 10.7. The molecule has 0 spiro atoms. The topological polar surface area (TPSA) is 139 Å². The van der Waals surface area contributed by atoms with Crippen molar-refractivity contribution in [3.05, 3.63) is 12.2 Å². The summed E-state index contributed by atoms with van der Waals surface area (Å²) in [6.07, 6.45) is -1.48. The molecule has 1 amide bonds. The van der Waals surface area contributed by atoms with Crippen molar-refractivity contribution in [3.63, 3.8) is 0 Å². The molecular weight excluding hydrogens is 317 g/mol. The molecule has 0 aromatic carbocycles. The molecule has 10 heteroatoms. The highest BCUT2D eigenvalue weighted by atomic mass is 31.2. The molecule has 0 bridgehead atoms. The third-order valence-corrected chi connectivity index (χ3v) is 2.93. The van der Waals surface area contributed by atoms with Gasteiger partial charge in [-0.1, -0.05) is 6.58 Å². The molecule has 0 heterocycles. The third-order valence-electron chi connectivity index (χ3n) is 2.17. The van der Waals surface area contributed by atoms with Gasteiger partial charge in [0.15, 0.2) is 0 Å². The zero-order valence-corrected chi connectivity index (χ0v) is 13.1. The summed E-state index contributed by atoms with van der Waals surface area (Å²) in [5, 5.41) is 2.33. The minimum Gasteiger partial charge on any atom is -0.460 e.